The summed E-state index contributed by atoms with van der Waals surface area (Å²) >= 11 is 2.33. The van der Waals surface area contributed by atoms with E-state index in [1.54, 1.807) is 6.08 Å². The van der Waals surface area contributed by atoms with Gasteiger partial charge >= 0.3 is 23.9 Å². The highest BCUT2D eigenvalue weighted by molar-refractivity contribution is 8.14. The van der Waals surface area contributed by atoms with Crippen molar-refractivity contribution in [3.05, 3.63) is 28.1 Å². The number of rotatable bonds is 7. The van der Waals surface area contributed by atoms with Crippen molar-refractivity contribution in [2.75, 3.05) is 6.61 Å². The molecule has 194 valence electrons. The molecule has 36 heavy (non-hydrogen) atoms. The molecular formula is C22H24N2O10S2. The van der Waals surface area contributed by atoms with Gasteiger partial charge in [-0.3, -0.25) is 29.3 Å². The predicted molar refractivity (Wildman–Crippen MR) is 127 cm³/mol. The number of nitrogens with one attached hydrogen (secondary N) is 1. The van der Waals surface area contributed by atoms with Gasteiger partial charge < -0.3 is 23.7 Å². The average Bonchev–Trinajstić information content (AvgIpc) is 3.40. The molecular weight excluding hydrogens is 516 g/mol. The van der Waals surface area contributed by atoms with Gasteiger partial charge in [0.2, 0.25) is 0 Å². The fourth-order valence-corrected chi connectivity index (χ4v) is 5.12. The maximum atomic E-state index is 12.4. The van der Waals surface area contributed by atoms with Crippen LogP contribution in [0.1, 0.15) is 32.6 Å². The van der Waals surface area contributed by atoms with Crippen LogP contribution < -0.4 is 5.32 Å². The van der Waals surface area contributed by atoms with Crippen LogP contribution in [0.25, 0.3) is 6.08 Å². The van der Waals surface area contributed by atoms with Gasteiger partial charge in [0.25, 0.3) is 5.91 Å². The van der Waals surface area contributed by atoms with Crippen molar-refractivity contribution >= 4 is 64.1 Å². The number of amidine groups is 1. The molecule has 1 N–H and O–H groups in total. The molecule has 1 aromatic rings. The van der Waals surface area contributed by atoms with Gasteiger partial charge in [-0.05, 0) is 17.5 Å². The Balaban J connectivity index is 1.94. The van der Waals surface area contributed by atoms with Crippen molar-refractivity contribution in [3.63, 3.8) is 0 Å². The van der Waals surface area contributed by atoms with Crippen LogP contribution in [0.5, 0.6) is 0 Å². The average molecular weight is 541 g/mol. The maximum Gasteiger partial charge on any atom is 0.303 e. The van der Waals surface area contributed by atoms with E-state index in [-0.39, 0.29) is 17.5 Å². The van der Waals surface area contributed by atoms with Gasteiger partial charge in [0, 0.05) is 32.6 Å². The van der Waals surface area contributed by atoms with Crippen molar-refractivity contribution in [3.8, 4) is 0 Å². The number of aliphatic imine (C=N–C) groups is 1. The van der Waals surface area contributed by atoms with E-state index in [1.807, 2.05) is 17.5 Å². The Morgan fingerprint density at radius 1 is 1.03 bits per heavy atom. The molecule has 12 nitrogen and oxygen atoms in total. The van der Waals surface area contributed by atoms with Crippen molar-refractivity contribution in [2.45, 2.75) is 57.5 Å². The van der Waals surface area contributed by atoms with Gasteiger partial charge in [-0.2, -0.15) is 0 Å². The summed E-state index contributed by atoms with van der Waals surface area (Å²) in [4.78, 5) is 64.6. The van der Waals surface area contributed by atoms with Crippen molar-refractivity contribution in [1.29, 1.82) is 0 Å². The summed E-state index contributed by atoms with van der Waals surface area (Å²) in [5, 5.41) is 4.61. The monoisotopic (exact) mass is 540 g/mol. The highest BCUT2D eigenvalue weighted by atomic mass is 32.2. The quantitative estimate of drug-likeness (QED) is 0.303. The minimum atomic E-state index is -1.30. The summed E-state index contributed by atoms with van der Waals surface area (Å²) in [5.41, 5.74) is -0.934. The molecule has 3 rings (SSSR count). The van der Waals surface area contributed by atoms with Crippen molar-refractivity contribution in [2.24, 2.45) is 4.99 Å². The Kier molecular flexibility index (Phi) is 9.23. The first-order chi connectivity index (χ1) is 17.0. The molecule has 1 fully saturated rings. The van der Waals surface area contributed by atoms with E-state index in [0.29, 0.717) is 0 Å². The summed E-state index contributed by atoms with van der Waals surface area (Å²) in [7, 11) is 0. The Hall–Kier alpha value is -3.23. The van der Waals surface area contributed by atoms with E-state index >= 15 is 0 Å². The summed E-state index contributed by atoms with van der Waals surface area (Å²) in [6, 6.07) is 3.66. The van der Waals surface area contributed by atoms with Gasteiger partial charge in [-0.25, -0.2) is 4.99 Å². The lowest BCUT2D eigenvalue weighted by molar-refractivity contribution is -0.237. The van der Waals surface area contributed by atoms with Gasteiger partial charge in [-0.1, -0.05) is 17.8 Å². The number of carbonyl (C=O) groups is 5. The molecule has 0 unspecified atom stereocenters. The molecule has 2 aliphatic heterocycles. The van der Waals surface area contributed by atoms with E-state index in [4.69, 9.17) is 23.7 Å². The first kappa shape index (κ1) is 27.4. The normalized spacial score (nSPS) is 26.6. The summed E-state index contributed by atoms with van der Waals surface area (Å²) in [6.07, 6.45) is -3.31. The van der Waals surface area contributed by atoms with E-state index < -0.39 is 59.6 Å². The maximum absolute atomic E-state index is 12.4. The number of thioether (sulfide) groups is 1. The lowest BCUT2D eigenvalue weighted by Crippen LogP contribution is -2.61. The Bertz CT molecular complexity index is 1080. The minimum absolute atomic E-state index is 0.142. The van der Waals surface area contributed by atoms with E-state index in [1.165, 1.54) is 18.3 Å². The first-order valence-corrected chi connectivity index (χ1v) is 12.4. The highest BCUT2D eigenvalue weighted by Crippen LogP contribution is 2.35. The second kappa shape index (κ2) is 12.1. The zero-order valence-electron chi connectivity index (χ0n) is 19.7. The van der Waals surface area contributed by atoms with Crippen LogP contribution in [0.15, 0.2) is 28.2 Å². The first-order valence-electron chi connectivity index (χ1n) is 10.7. The lowest BCUT2D eigenvalue weighted by Gasteiger charge is -2.44. The number of esters is 4. The zero-order chi connectivity index (χ0) is 26.4. The van der Waals surface area contributed by atoms with Crippen molar-refractivity contribution in [1.82, 2.24) is 5.32 Å². The van der Waals surface area contributed by atoms with Crippen LogP contribution in [0.4, 0.5) is 0 Å². The Labute approximate surface area is 214 Å². The molecule has 0 aromatic carbocycles. The molecule has 2 aliphatic rings. The summed E-state index contributed by atoms with van der Waals surface area (Å²) in [5.74, 6) is -3.25. The minimum Gasteiger partial charge on any atom is -0.463 e. The molecule has 0 aliphatic carbocycles. The number of carbonyl (C=O) groups excluding carboxylic acids is 5. The fraction of sp³-hybridized carbons (Fsp3) is 0.455. The van der Waals surface area contributed by atoms with E-state index in [0.717, 1.165) is 37.4 Å². The van der Waals surface area contributed by atoms with Gasteiger partial charge in [0.1, 0.15) is 18.4 Å². The molecule has 1 aromatic heterocycles. The molecule has 0 saturated carbocycles. The Morgan fingerprint density at radius 2 is 1.67 bits per heavy atom. The van der Waals surface area contributed by atoms with Crippen molar-refractivity contribution < 1.29 is 47.7 Å². The van der Waals surface area contributed by atoms with Crippen LogP contribution in [-0.2, 0) is 47.7 Å². The third-order valence-corrected chi connectivity index (χ3v) is 6.52. The number of amides is 1. The second-order valence-electron chi connectivity index (χ2n) is 7.60. The van der Waals surface area contributed by atoms with Crippen LogP contribution >= 0.6 is 23.1 Å². The molecule has 5 atom stereocenters. The SMILES string of the molecule is CC(=O)OC[C@@H]1O[C@H](SC2=N/C(=C/c3cccs3)C(=O)N2)[C@H](OC(C)=O)[C@H](OC(C)=O)[C@H]1OC(C)=O. The third-order valence-electron chi connectivity index (χ3n) is 4.67. The van der Waals surface area contributed by atoms with Crippen LogP contribution in [0.2, 0.25) is 0 Å². The largest absolute Gasteiger partial charge is 0.463 e. The smallest absolute Gasteiger partial charge is 0.303 e. The van der Waals surface area contributed by atoms with E-state index in [9.17, 15) is 24.0 Å². The van der Waals surface area contributed by atoms with Crippen LogP contribution in [-0.4, -0.2) is 71.4 Å². The molecule has 14 heteroatoms. The molecule has 0 spiro atoms. The predicted octanol–water partition coefficient (Wildman–Crippen LogP) is 1.39. The van der Waals surface area contributed by atoms with Gasteiger partial charge in [-0.15, -0.1) is 11.3 Å². The summed E-state index contributed by atoms with van der Waals surface area (Å²) < 4.78 is 27.2. The standard InChI is InChI=1S/C22H24N2O10S2/c1-10(25)30-9-16-17(31-11(2)26)18(32-12(3)27)19(33-13(4)28)21(34-16)36-22-23-15(20(29)24-22)8-14-6-5-7-35-14/h5-8,16-19,21H,9H2,1-4H3,(H,23,24,29)/b15-8+/t16-,17-,18+,19+,21+/m0/s1. The lowest BCUT2D eigenvalue weighted by atomic mass is 9.99. The number of ether oxygens (including phenoxy) is 5. The second-order valence-corrected chi connectivity index (χ2v) is 9.67. The summed E-state index contributed by atoms with van der Waals surface area (Å²) in [6.45, 7) is 4.26. The molecule has 1 amide bonds. The number of hydrogen-bond donors (Lipinski definition) is 1. The van der Waals surface area contributed by atoms with Gasteiger partial charge in [0.15, 0.2) is 28.9 Å². The molecule has 0 radical (unpaired) electrons. The highest BCUT2D eigenvalue weighted by Gasteiger charge is 2.53. The van der Waals surface area contributed by atoms with Gasteiger partial charge in [0.05, 0.1) is 0 Å². The topological polar surface area (TPSA) is 156 Å². The number of thiophene rings is 1. The molecule has 3 heterocycles. The number of hydrogen-bond acceptors (Lipinski definition) is 13. The molecule has 0 bridgehead atoms. The zero-order valence-corrected chi connectivity index (χ0v) is 21.4. The van der Waals surface area contributed by atoms with E-state index in [2.05, 4.69) is 10.3 Å². The third kappa shape index (κ3) is 7.38. The fourth-order valence-electron chi connectivity index (χ4n) is 3.40. The molecule has 1 saturated heterocycles. The van der Waals surface area contributed by atoms with Crippen LogP contribution in [0, 0.1) is 0 Å². The number of nitrogens with zero attached hydrogens (tertiary/aromatic N) is 1. The van der Waals surface area contributed by atoms with Crippen LogP contribution in [0.3, 0.4) is 0 Å². The Morgan fingerprint density at radius 3 is 2.25 bits per heavy atom.